The second-order valence-electron chi connectivity index (χ2n) is 4.39. The lowest BCUT2D eigenvalue weighted by Gasteiger charge is -2.21. The summed E-state index contributed by atoms with van der Waals surface area (Å²) in [5, 5.41) is 3.39. The molecule has 0 aromatic heterocycles. The van der Waals surface area contributed by atoms with E-state index in [2.05, 4.69) is 33.4 Å². The number of Topliss-reactive ketones (excluding diaryl/α,β-unsaturated/α-hetero) is 1. The Labute approximate surface area is 105 Å². The van der Waals surface area contributed by atoms with Crippen LogP contribution in [-0.4, -0.2) is 12.3 Å². The molecular weight excluding hydrogens is 266 g/mol. The second kappa shape index (κ2) is 5.48. The fraction of sp³-hybridized carbons (Fsp3) is 0.462. The number of benzene rings is 1. The van der Waals surface area contributed by atoms with Gasteiger partial charge in [0, 0.05) is 29.5 Å². The Kier molecular flexibility index (Phi) is 3.99. The van der Waals surface area contributed by atoms with Crippen molar-refractivity contribution < 1.29 is 4.79 Å². The average molecular weight is 282 g/mol. The highest BCUT2D eigenvalue weighted by Crippen LogP contribution is 2.22. The first kappa shape index (κ1) is 11.6. The summed E-state index contributed by atoms with van der Waals surface area (Å²) in [5.41, 5.74) is 1.13. The first-order chi connectivity index (χ1) is 7.74. The molecule has 0 aliphatic heterocycles. The van der Waals surface area contributed by atoms with Gasteiger partial charge in [-0.3, -0.25) is 4.79 Å². The summed E-state index contributed by atoms with van der Waals surface area (Å²) in [6, 6.07) is 8.15. The molecule has 86 valence electrons. The van der Waals surface area contributed by atoms with Gasteiger partial charge in [0.05, 0.1) is 0 Å². The molecule has 1 aromatic rings. The third-order valence-electron chi connectivity index (χ3n) is 3.02. The summed E-state index contributed by atoms with van der Waals surface area (Å²) < 4.78 is 1.09. The molecule has 1 N–H and O–H groups in total. The molecule has 0 radical (unpaired) electrons. The lowest BCUT2D eigenvalue weighted by atomic mass is 9.88. The van der Waals surface area contributed by atoms with Crippen LogP contribution in [0.5, 0.6) is 0 Å². The molecule has 1 aliphatic carbocycles. The van der Waals surface area contributed by atoms with Crippen molar-refractivity contribution in [2.75, 3.05) is 11.9 Å². The normalized spacial score (nSPS) is 20.8. The van der Waals surface area contributed by atoms with Crippen LogP contribution in [0.25, 0.3) is 0 Å². The first-order valence-corrected chi connectivity index (χ1v) is 6.54. The van der Waals surface area contributed by atoms with Crippen molar-refractivity contribution >= 4 is 27.4 Å². The highest BCUT2D eigenvalue weighted by atomic mass is 79.9. The number of anilines is 1. The number of carbonyl (C=O) groups is 1. The van der Waals surface area contributed by atoms with Crippen LogP contribution < -0.4 is 5.32 Å². The summed E-state index contributed by atoms with van der Waals surface area (Å²) in [7, 11) is 0. The van der Waals surface area contributed by atoms with Gasteiger partial charge in [-0.15, -0.1) is 0 Å². The zero-order chi connectivity index (χ0) is 11.4. The van der Waals surface area contributed by atoms with E-state index in [-0.39, 0.29) is 0 Å². The zero-order valence-corrected chi connectivity index (χ0v) is 10.8. The van der Waals surface area contributed by atoms with E-state index < -0.39 is 0 Å². The third-order valence-corrected chi connectivity index (χ3v) is 3.55. The largest absolute Gasteiger partial charge is 0.385 e. The molecule has 1 fully saturated rings. The van der Waals surface area contributed by atoms with E-state index in [1.54, 1.807) is 0 Å². The van der Waals surface area contributed by atoms with Gasteiger partial charge in [0.15, 0.2) is 0 Å². The SMILES string of the molecule is O=C1CCCC(CNc2ccc(Br)cc2)C1. The van der Waals surface area contributed by atoms with Crippen molar-refractivity contribution in [3.63, 3.8) is 0 Å². The molecule has 3 heteroatoms. The van der Waals surface area contributed by atoms with E-state index in [1.165, 1.54) is 6.42 Å². The smallest absolute Gasteiger partial charge is 0.133 e. The van der Waals surface area contributed by atoms with E-state index in [4.69, 9.17) is 0 Å². The number of nitrogens with one attached hydrogen (secondary N) is 1. The van der Waals surface area contributed by atoms with E-state index in [0.717, 1.165) is 36.0 Å². The van der Waals surface area contributed by atoms with Gasteiger partial charge in [-0.25, -0.2) is 0 Å². The van der Waals surface area contributed by atoms with Crippen LogP contribution >= 0.6 is 15.9 Å². The van der Waals surface area contributed by atoms with Crippen molar-refractivity contribution in [3.8, 4) is 0 Å². The van der Waals surface area contributed by atoms with Gasteiger partial charge < -0.3 is 5.32 Å². The van der Waals surface area contributed by atoms with Crippen molar-refractivity contribution in [3.05, 3.63) is 28.7 Å². The summed E-state index contributed by atoms with van der Waals surface area (Å²) >= 11 is 3.41. The standard InChI is InChI=1S/C13H16BrNO/c14-11-4-6-12(7-5-11)15-9-10-2-1-3-13(16)8-10/h4-7,10,15H,1-3,8-9H2. The Morgan fingerprint density at radius 3 is 2.75 bits per heavy atom. The van der Waals surface area contributed by atoms with Gasteiger partial charge in [-0.1, -0.05) is 15.9 Å². The maximum Gasteiger partial charge on any atom is 0.133 e. The molecule has 1 aliphatic rings. The molecule has 0 amide bonds. The Bertz CT molecular complexity index is 361. The maximum atomic E-state index is 11.3. The molecule has 1 unspecified atom stereocenters. The van der Waals surface area contributed by atoms with E-state index in [9.17, 15) is 4.79 Å². The van der Waals surface area contributed by atoms with Crippen molar-refractivity contribution in [2.24, 2.45) is 5.92 Å². The van der Waals surface area contributed by atoms with Gasteiger partial charge in [-0.2, -0.15) is 0 Å². The molecule has 0 heterocycles. The molecule has 0 bridgehead atoms. The van der Waals surface area contributed by atoms with Crippen LogP contribution in [0.15, 0.2) is 28.7 Å². The average Bonchev–Trinajstić information content (AvgIpc) is 2.28. The number of rotatable bonds is 3. The molecule has 0 saturated heterocycles. The van der Waals surface area contributed by atoms with Crippen LogP contribution in [0, 0.1) is 5.92 Å². The fourth-order valence-electron chi connectivity index (χ4n) is 2.12. The third kappa shape index (κ3) is 3.34. The second-order valence-corrected chi connectivity index (χ2v) is 5.30. The minimum Gasteiger partial charge on any atom is -0.385 e. The van der Waals surface area contributed by atoms with Gasteiger partial charge >= 0.3 is 0 Å². The van der Waals surface area contributed by atoms with Crippen molar-refractivity contribution in [1.29, 1.82) is 0 Å². The highest BCUT2D eigenvalue weighted by molar-refractivity contribution is 9.10. The van der Waals surface area contributed by atoms with Gasteiger partial charge in [0.1, 0.15) is 5.78 Å². The monoisotopic (exact) mass is 281 g/mol. The number of hydrogen-bond donors (Lipinski definition) is 1. The molecule has 1 aromatic carbocycles. The van der Waals surface area contributed by atoms with Crippen molar-refractivity contribution in [2.45, 2.75) is 25.7 Å². The zero-order valence-electron chi connectivity index (χ0n) is 9.21. The lowest BCUT2D eigenvalue weighted by molar-refractivity contribution is -0.121. The van der Waals surface area contributed by atoms with Crippen LogP contribution in [0.4, 0.5) is 5.69 Å². The highest BCUT2D eigenvalue weighted by Gasteiger charge is 2.18. The topological polar surface area (TPSA) is 29.1 Å². The predicted molar refractivity (Wildman–Crippen MR) is 69.6 cm³/mol. The molecule has 2 rings (SSSR count). The van der Waals surface area contributed by atoms with E-state index in [1.807, 2.05) is 12.1 Å². The minimum atomic E-state index is 0.425. The summed E-state index contributed by atoms with van der Waals surface area (Å²) in [4.78, 5) is 11.3. The van der Waals surface area contributed by atoms with Gasteiger partial charge in [0.25, 0.3) is 0 Å². The van der Waals surface area contributed by atoms with Crippen LogP contribution in [-0.2, 0) is 4.79 Å². The molecule has 0 spiro atoms. The summed E-state index contributed by atoms with van der Waals surface area (Å²) in [5.74, 6) is 0.943. The molecule has 1 saturated carbocycles. The van der Waals surface area contributed by atoms with Crippen molar-refractivity contribution in [1.82, 2.24) is 0 Å². The summed E-state index contributed by atoms with van der Waals surface area (Å²) in [6.07, 6.45) is 3.78. The van der Waals surface area contributed by atoms with E-state index in [0.29, 0.717) is 11.7 Å². The summed E-state index contributed by atoms with van der Waals surface area (Å²) in [6.45, 7) is 0.910. The van der Waals surface area contributed by atoms with Crippen LogP contribution in [0.3, 0.4) is 0 Å². The number of ketones is 1. The minimum absolute atomic E-state index is 0.425. The van der Waals surface area contributed by atoms with Gasteiger partial charge in [0.2, 0.25) is 0 Å². The number of hydrogen-bond acceptors (Lipinski definition) is 2. The molecule has 2 nitrogen and oxygen atoms in total. The Morgan fingerprint density at radius 1 is 1.31 bits per heavy atom. The molecule has 1 atom stereocenters. The number of carbonyl (C=O) groups excluding carboxylic acids is 1. The predicted octanol–water partition coefficient (Wildman–Crippen LogP) is 3.62. The molecular formula is C13H16BrNO. The van der Waals surface area contributed by atoms with Gasteiger partial charge in [-0.05, 0) is 43.0 Å². The number of halogens is 1. The van der Waals surface area contributed by atoms with E-state index >= 15 is 0 Å². The fourth-order valence-corrected chi connectivity index (χ4v) is 2.38. The maximum absolute atomic E-state index is 11.3. The lowest BCUT2D eigenvalue weighted by Crippen LogP contribution is -2.22. The molecule has 16 heavy (non-hydrogen) atoms. The Hall–Kier alpha value is -0.830. The van der Waals surface area contributed by atoms with Crippen LogP contribution in [0.2, 0.25) is 0 Å². The first-order valence-electron chi connectivity index (χ1n) is 5.75. The Balaban J connectivity index is 1.82. The van der Waals surface area contributed by atoms with Crippen LogP contribution in [0.1, 0.15) is 25.7 Å². The Morgan fingerprint density at radius 2 is 2.06 bits per heavy atom. The quantitative estimate of drug-likeness (QED) is 0.917.